The number of aromatic nitrogens is 4. The fourth-order valence-electron chi connectivity index (χ4n) is 2.41. The quantitative estimate of drug-likeness (QED) is 0.674. The average Bonchev–Trinajstić information content (AvgIpc) is 2.66. The van der Waals surface area contributed by atoms with E-state index in [1.54, 1.807) is 30.6 Å². The summed E-state index contributed by atoms with van der Waals surface area (Å²) in [6.07, 6.45) is 1.74. The number of benzene rings is 1. The molecule has 0 aliphatic rings. The molecule has 1 aromatic carbocycles. The first-order chi connectivity index (χ1) is 12.5. The monoisotopic (exact) mass is 359 g/mol. The third-order valence-electron chi connectivity index (χ3n) is 3.67. The largest absolute Gasteiger partial charge is 0.416 e. The zero-order valence-electron chi connectivity index (χ0n) is 13.7. The maximum atomic E-state index is 12.9. The topological polar surface area (TPSA) is 63.6 Å². The average molecular weight is 359 g/mol. The molecule has 0 saturated heterocycles. The number of nitrogens with zero attached hydrogens (tertiary/aromatic N) is 4. The van der Waals surface area contributed by atoms with Gasteiger partial charge in [-0.25, -0.2) is 19.9 Å². The lowest BCUT2D eigenvalue weighted by molar-refractivity contribution is -0.137. The molecule has 0 aliphatic heterocycles. The summed E-state index contributed by atoms with van der Waals surface area (Å²) in [5.74, 6) is 0.555. The second-order valence-corrected chi connectivity index (χ2v) is 5.58. The minimum absolute atomic E-state index is 0.416. The molecule has 0 atom stereocenters. The molecule has 0 spiro atoms. The van der Waals surface area contributed by atoms with Crippen molar-refractivity contribution in [3.63, 3.8) is 0 Å². The van der Waals surface area contributed by atoms with E-state index in [2.05, 4.69) is 25.3 Å². The van der Waals surface area contributed by atoms with Gasteiger partial charge in [0.25, 0.3) is 0 Å². The van der Waals surface area contributed by atoms with Crippen LogP contribution in [-0.2, 0) is 12.6 Å². The molecule has 26 heavy (non-hydrogen) atoms. The first-order valence-electron chi connectivity index (χ1n) is 8.02. The van der Waals surface area contributed by atoms with Crippen LogP contribution in [0.25, 0.3) is 11.3 Å². The number of rotatable bonds is 6. The highest BCUT2D eigenvalue weighted by atomic mass is 19.4. The van der Waals surface area contributed by atoms with Crippen LogP contribution in [0.2, 0.25) is 0 Å². The van der Waals surface area contributed by atoms with Crippen LogP contribution in [-0.4, -0.2) is 26.5 Å². The number of anilines is 1. The number of alkyl halides is 3. The van der Waals surface area contributed by atoms with Crippen LogP contribution in [0.3, 0.4) is 0 Å². The van der Waals surface area contributed by atoms with E-state index < -0.39 is 11.7 Å². The predicted molar refractivity (Wildman–Crippen MR) is 91.3 cm³/mol. The zero-order chi connectivity index (χ0) is 18.4. The van der Waals surface area contributed by atoms with Gasteiger partial charge in [0.15, 0.2) is 0 Å². The predicted octanol–water partition coefficient (Wildman–Crippen LogP) is 4.00. The van der Waals surface area contributed by atoms with Crippen molar-refractivity contribution in [2.24, 2.45) is 0 Å². The second kappa shape index (κ2) is 7.90. The van der Waals surface area contributed by atoms with Crippen molar-refractivity contribution in [2.75, 3.05) is 11.9 Å². The smallest absolute Gasteiger partial charge is 0.354 e. The third kappa shape index (κ3) is 4.75. The van der Waals surface area contributed by atoms with Crippen molar-refractivity contribution < 1.29 is 13.2 Å². The van der Waals surface area contributed by atoms with Crippen molar-refractivity contribution in [1.82, 2.24) is 19.9 Å². The van der Waals surface area contributed by atoms with Crippen LogP contribution in [0.1, 0.15) is 17.7 Å². The summed E-state index contributed by atoms with van der Waals surface area (Å²) in [4.78, 5) is 16.4. The summed E-state index contributed by atoms with van der Waals surface area (Å²) in [5, 5.41) is 3.09. The first kappa shape index (κ1) is 17.8. The molecule has 0 radical (unpaired) electrons. The summed E-state index contributed by atoms with van der Waals surface area (Å²) < 4.78 is 38.6. The molecule has 0 aliphatic carbocycles. The number of aryl methyl sites for hydroxylation is 1. The molecular formula is C18H16F3N5. The lowest BCUT2D eigenvalue weighted by Gasteiger charge is -2.09. The summed E-state index contributed by atoms with van der Waals surface area (Å²) in [7, 11) is 0. The number of hydrogen-bond acceptors (Lipinski definition) is 5. The molecule has 5 nitrogen and oxygen atoms in total. The van der Waals surface area contributed by atoms with Gasteiger partial charge in [-0.3, -0.25) is 0 Å². The molecule has 1 N–H and O–H groups in total. The Bertz CT molecular complexity index is 853. The molecule has 0 bridgehead atoms. The van der Waals surface area contributed by atoms with Crippen molar-refractivity contribution >= 4 is 5.95 Å². The fourth-order valence-corrected chi connectivity index (χ4v) is 2.41. The van der Waals surface area contributed by atoms with Gasteiger partial charge in [-0.1, -0.05) is 12.1 Å². The van der Waals surface area contributed by atoms with E-state index in [1.165, 1.54) is 12.4 Å². The molecule has 2 heterocycles. The van der Waals surface area contributed by atoms with E-state index in [0.29, 0.717) is 30.2 Å². The van der Waals surface area contributed by atoms with E-state index in [9.17, 15) is 13.2 Å². The standard InChI is InChI=1S/C18H16F3N5/c19-18(20,21)14-5-1-4-13(10-14)16-11-15(25-12-26-16)6-2-7-22-17-23-8-3-9-24-17/h1,3-5,8-12H,2,6-7H2,(H,22,23,24). The van der Waals surface area contributed by atoms with E-state index in [4.69, 9.17) is 0 Å². The molecule has 0 saturated carbocycles. The first-order valence-corrected chi connectivity index (χ1v) is 8.02. The Morgan fingerprint density at radius 3 is 2.50 bits per heavy atom. The maximum absolute atomic E-state index is 12.9. The van der Waals surface area contributed by atoms with Gasteiger partial charge in [-0.2, -0.15) is 13.2 Å². The molecule has 3 rings (SSSR count). The lowest BCUT2D eigenvalue weighted by atomic mass is 10.1. The van der Waals surface area contributed by atoms with Gasteiger partial charge in [-0.05, 0) is 37.1 Å². The molecule has 0 unspecified atom stereocenters. The molecule has 0 amide bonds. The Labute approximate surface area is 148 Å². The second-order valence-electron chi connectivity index (χ2n) is 5.58. The van der Waals surface area contributed by atoms with Crippen molar-refractivity contribution in [1.29, 1.82) is 0 Å². The SMILES string of the molecule is FC(F)(F)c1cccc(-c2cc(CCCNc3ncccn3)ncn2)c1. The van der Waals surface area contributed by atoms with E-state index >= 15 is 0 Å². The Balaban J connectivity index is 1.63. The highest BCUT2D eigenvalue weighted by molar-refractivity contribution is 5.60. The number of halogens is 3. The summed E-state index contributed by atoms with van der Waals surface area (Å²) >= 11 is 0. The number of hydrogen-bond donors (Lipinski definition) is 1. The molecule has 3 aromatic rings. The summed E-state index contributed by atoms with van der Waals surface area (Å²) in [6, 6.07) is 8.58. The van der Waals surface area contributed by atoms with Crippen LogP contribution >= 0.6 is 0 Å². The van der Waals surface area contributed by atoms with Crippen LogP contribution in [0.5, 0.6) is 0 Å². The molecular weight excluding hydrogens is 343 g/mol. The van der Waals surface area contributed by atoms with Crippen molar-refractivity contribution in [3.05, 3.63) is 66.4 Å². The van der Waals surface area contributed by atoms with Crippen LogP contribution < -0.4 is 5.32 Å². The maximum Gasteiger partial charge on any atom is 0.416 e. The highest BCUT2D eigenvalue weighted by Crippen LogP contribution is 2.31. The zero-order valence-corrected chi connectivity index (χ0v) is 13.7. The van der Waals surface area contributed by atoms with Gasteiger partial charge in [0.1, 0.15) is 6.33 Å². The number of nitrogens with one attached hydrogen (secondary N) is 1. The van der Waals surface area contributed by atoms with Crippen LogP contribution in [0.4, 0.5) is 19.1 Å². The van der Waals surface area contributed by atoms with E-state index in [0.717, 1.165) is 24.2 Å². The van der Waals surface area contributed by atoms with Gasteiger partial charge in [-0.15, -0.1) is 0 Å². The minimum atomic E-state index is -4.38. The van der Waals surface area contributed by atoms with Crippen LogP contribution in [0, 0.1) is 0 Å². The summed E-state index contributed by atoms with van der Waals surface area (Å²) in [6.45, 7) is 0.660. The Hall–Kier alpha value is -3.03. The normalized spacial score (nSPS) is 11.3. The van der Waals surface area contributed by atoms with Gasteiger partial charge < -0.3 is 5.32 Å². The van der Waals surface area contributed by atoms with Gasteiger partial charge in [0.05, 0.1) is 11.3 Å². The minimum Gasteiger partial charge on any atom is -0.354 e. The molecule has 134 valence electrons. The van der Waals surface area contributed by atoms with E-state index in [1.807, 2.05) is 0 Å². The highest BCUT2D eigenvalue weighted by Gasteiger charge is 2.30. The third-order valence-corrected chi connectivity index (χ3v) is 3.67. The molecule has 2 aromatic heterocycles. The van der Waals surface area contributed by atoms with E-state index in [-0.39, 0.29) is 0 Å². The van der Waals surface area contributed by atoms with Gasteiger partial charge in [0, 0.05) is 30.2 Å². The van der Waals surface area contributed by atoms with Crippen molar-refractivity contribution in [2.45, 2.75) is 19.0 Å². The molecule has 0 fully saturated rings. The van der Waals surface area contributed by atoms with Crippen LogP contribution in [0.15, 0.2) is 55.1 Å². The van der Waals surface area contributed by atoms with Gasteiger partial charge >= 0.3 is 6.18 Å². The lowest BCUT2D eigenvalue weighted by Crippen LogP contribution is -2.06. The van der Waals surface area contributed by atoms with Gasteiger partial charge in [0.2, 0.25) is 5.95 Å². The Kier molecular flexibility index (Phi) is 5.40. The van der Waals surface area contributed by atoms with Crippen molar-refractivity contribution in [3.8, 4) is 11.3 Å². The fraction of sp³-hybridized carbons (Fsp3) is 0.222. The molecule has 8 heteroatoms. The Morgan fingerprint density at radius 2 is 1.73 bits per heavy atom. The summed E-state index contributed by atoms with van der Waals surface area (Å²) in [5.41, 5.74) is 0.963. The Morgan fingerprint density at radius 1 is 0.923 bits per heavy atom.